The quantitative estimate of drug-likeness (QED) is 0.218. The summed E-state index contributed by atoms with van der Waals surface area (Å²) < 4.78 is 46.6. The van der Waals surface area contributed by atoms with Crippen molar-refractivity contribution in [3.05, 3.63) is 59.4 Å². The number of hydrogen-bond acceptors (Lipinski definition) is 8. The van der Waals surface area contributed by atoms with Crippen molar-refractivity contribution in [2.45, 2.75) is 55.6 Å². The Morgan fingerprint density at radius 1 is 1.14 bits per heavy atom. The van der Waals surface area contributed by atoms with Crippen molar-refractivity contribution in [2.75, 3.05) is 24.3 Å². The van der Waals surface area contributed by atoms with Crippen LogP contribution in [0.5, 0.6) is 5.88 Å². The topological polar surface area (TPSA) is 81.9 Å². The minimum atomic E-state index is -4.51. The molecule has 43 heavy (non-hydrogen) atoms. The molecular weight excluding hydrogens is 575 g/mol. The predicted molar refractivity (Wildman–Crippen MR) is 159 cm³/mol. The zero-order chi connectivity index (χ0) is 30.5. The lowest BCUT2D eigenvalue weighted by Gasteiger charge is -2.26. The lowest BCUT2D eigenvalue weighted by Crippen LogP contribution is -2.26. The van der Waals surface area contributed by atoms with Gasteiger partial charge < -0.3 is 14.2 Å². The second-order valence-electron chi connectivity index (χ2n) is 11.5. The molecule has 3 aromatic heterocycles. The maximum Gasteiger partial charge on any atom is 0.434 e. The van der Waals surface area contributed by atoms with Crippen LogP contribution >= 0.6 is 11.8 Å². The van der Waals surface area contributed by atoms with Crippen LogP contribution in [0, 0.1) is 12.3 Å². The Morgan fingerprint density at radius 3 is 2.51 bits per heavy atom. The van der Waals surface area contributed by atoms with Gasteiger partial charge in [0.1, 0.15) is 23.5 Å². The van der Waals surface area contributed by atoms with E-state index in [1.807, 2.05) is 17.0 Å². The molecule has 1 aliphatic carbocycles. The van der Waals surface area contributed by atoms with Gasteiger partial charge in [0.15, 0.2) is 11.5 Å². The first-order chi connectivity index (χ1) is 20.5. The number of rotatable bonds is 8. The normalized spacial score (nSPS) is 15.7. The van der Waals surface area contributed by atoms with E-state index in [1.165, 1.54) is 10.9 Å². The standard InChI is InChI=1S/C31H30F3N7OS/c1-6-13-41(14-18-7-9-20(10-8-18)27-37-21(15-40(27)4)31(32,33)34)28-24-25(30(2,3)16-43-24)38-26(39-28)22-23(19-11-12-19)35-17-36-29(22)42-5/h1,7-10,15,17,19H,11-14,16H2,2-5H3. The fourth-order valence-electron chi connectivity index (χ4n) is 5.26. The van der Waals surface area contributed by atoms with Crippen molar-refractivity contribution < 1.29 is 17.9 Å². The smallest absolute Gasteiger partial charge is 0.434 e. The first kappa shape index (κ1) is 29.0. The first-order valence-corrected chi connectivity index (χ1v) is 14.8. The van der Waals surface area contributed by atoms with Gasteiger partial charge >= 0.3 is 6.18 Å². The Bertz CT molecular complexity index is 1720. The van der Waals surface area contributed by atoms with Crippen molar-refractivity contribution >= 4 is 17.6 Å². The van der Waals surface area contributed by atoms with Gasteiger partial charge in [-0.3, -0.25) is 0 Å². The number of thioether (sulfide) groups is 1. The van der Waals surface area contributed by atoms with E-state index in [2.05, 4.69) is 34.7 Å². The van der Waals surface area contributed by atoms with Crippen molar-refractivity contribution in [3.8, 4) is 41.0 Å². The highest BCUT2D eigenvalue weighted by Gasteiger charge is 2.39. The fraction of sp³-hybridized carbons (Fsp3) is 0.387. The van der Waals surface area contributed by atoms with E-state index in [1.54, 1.807) is 38.1 Å². The number of aryl methyl sites for hydroxylation is 1. The van der Waals surface area contributed by atoms with Crippen molar-refractivity contribution in [1.29, 1.82) is 0 Å². The lowest BCUT2D eigenvalue weighted by atomic mass is 9.91. The molecule has 8 nitrogen and oxygen atoms in total. The molecule has 6 rings (SSSR count). The average molecular weight is 606 g/mol. The van der Waals surface area contributed by atoms with Crippen molar-refractivity contribution in [2.24, 2.45) is 7.05 Å². The molecule has 0 saturated heterocycles. The van der Waals surface area contributed by atoms with Gasteiger partial charge in [-0.1, -0.05) is 44.0 Å². The summed E-state index contributed by atoms with van der Waals surface area (Å²) in [6.07, 6.45) is 5.94. The SMILES string of the molecule is C#CCN(Cc1ccc(-c2nc(C(F)(F)F)cn2C)cc1)c1nc(-c2c(OC)ncnc2C2CC2)nc2c1SCC2(C)C. The van der Waals surface area contributed by atoms with Crippen LogP contribution in [0.1, 0.15) is 55.3 Å². The van der Waals surface area contributed by atoms with Gasteiger partial charge in [-0.2, -0.15) is 13.2 Å². The van der Waals surface area contributed by atoms with Crippen LogP contribution in [-0.2, 0) is 25.2 Å². The molecule has 1 saturated carbocycles. The van der Waals surface area contributed by atoms with Gasteiger partial charge in [0.05, 0.1) is 29.9 Å². The van der Waals surface area contributed by atoms with E-state index in [4.69, 9.17) is 21.1 Å². The van der Waals surface area contributed by atoms with Gasteiger partial charge in [0.2, 0.25) is 5.88 Å². The summed E-state index contributed by atoms with van der Waals surface area (Å²) in [6.45, 7) is 5.05. The van der Waals surface area contributed by atoms with Crippen molar-refractivity contribution in [1.82, 2.24) is 29.5 Å². The van der Waals surface area contributed by atoms with Crippen LogP contribution in [0.25, 0.3) is 22.8 Å². The molecule has 0 spiro atoms. The number of ether oxygens (including phenoxy) is 1. The summed E-state index contributed by atoms with van der Waals surface area (Å²) in [6, 6.07) is 7.29. The number of imidazole rings is 1. The third-order valence-electron chi connectivity index (χ3n) is 7.62. The Labute approximate surface area is 252 Å². The van der Waals surface area contributed by atoms with Crippen LogP contribution in [0.15, 0.2) is 41.7 Å². The molecule has 12 heteroatoms. The number of anilines is 1. The van der Waals surface area contributed by atoms with Crippen LogP contribution in [0.4, 0.5) is 19.0 Å². The lowest BCUT2D eigenvalue weighted by molar-refractivity contribution is -0.140. The van der Waals surface area contributed by atoms with Gasteiger partial charge in [-0.25, -0.2) is 24.9 Å². The molecule has 0 bridgehead atoms. The molecule has 1 aromatic carbocycles. The maximum atomic E-state index is 13.2. The number of nitrogens with zero attached hydrogens (tertiary/aromatic N) is 7. The molecule has 1 fully saturated rings. The fourth-order valence-corrected chi connectivity index (χ4v) is 6.66. The highest BCUT2D eigenvalue weighted by atomic mass is 32.2. The number of hydrogen-bond donors (Lipinski definition) is 0. The van der Waals surface area contributed by atoms with E-state index in [0.29, 0.717) is 35.3 Å². The minimum Gasteiger partial charge on any atom is -0.480 e. The van der Waals surface area contributed by atoms with E-state index >= 15 is 0 Å². The van der Waals surface area contributed by atoms with Crippen LogP contribution < -0.4 is 9.64 Å². The third kappa shape index (κ3) is 5.54. The first-order valence-electron chi connectivity index (χ1n) is 13.8. The number of benzene rings is 1. The third-order valence-corrected chi connectivity index (χ3v) is 9.15. The molecule has 1 aliphatic heterocycles. The highest BCUT2D eigenvalue weighted by Crippen LogP contribution is 2.50. The highest BCUT2D eigenvalue weighted by molar-refractivity contribution is 7.99. The number of halogens is 3. The van der Waals surface area contributed by atoms with E-state index in [-0.39, 0.29) is 17.8 Å². The predicted octanol–water partition coefficient (Wildman–Crippen LogP) is 6.26. The summed E-state index contributed by atoms with van der Waals surface area (Å²) >= 11 is 1.71. The van der Waals surface area contributed by atoms with E-state index < -0.39 is 11.9 Å². The van der Waals surface area contributed by atoms with Gasteiger partial charge in [0, 0.05) is 42.4 Å². The Kier molecular flexibility index (Phi) is 7.32. The molecule has 4 heterocycles. The Balaban J connectivity index is 1.39. The molecule has 222 valence electrons. The Hall–Kier alpha value is -4.11. The number of methoxy groups -OCH3 is 1. The molecule has 0 atom stereocenters. The molecule has 4 aromatic rings. The second-order valence-corrected chi connectivity index (χ2v) is 12.4. The second kappa shape index (κ2) is 10.9. The van der Waals surface area contributed by atoms with Gasteiger partial charge in [-0.05, 0) is 18.4 Å². The summed E-state index contributed by atoms with van der Waals surface area (Å²) in [4.78, 5) is 26.0. The summed E-state index contributed by atoms with van der Waals surface area (Å²) in [5, 5.41) is 0. The van der Waals surface area contributed by atoms with Gasteiger partial charge in [-0.15, -0.1) is 18.2 Å². The summed E-state index contributed by atoms with van der Waals surface area (Å²) in [5.41, 5.74) is 2.92. The van der Waals surface area contributed by atoms with Crippen LogP contribution in [-0.4, -0.2) is 48.9 Å². The molecule has 0 amide bonds. The van der Waals surface area contributed by atoms with E-state index in [9.17, 15) is 13.2 Å². The largest absolute Gasteiger partial charge is 0.480 e. The van der Waals surface area contributed by atoms with Crippen molar-refractivity contribution in [3.63, 3.8) is 0 Å². The average Bonchev–Trinajstić information content (AvgIpc) is 3.68. The zero-order valence-corrected chi connectivity index (χ0v) is 25.1. The summed E-state index contributed by atoms with van der Waals surface area (Å²) in [5.74, 6) is 5.84. The molecule has 0 unspecified atom stereocenters. The number of alkyl halides is 3. The number of fused-ring (bicyclic) bond motifs is 1. The Morgan fingerprint density at radius 2 is 1.88 bits per heavy atom. The summed E-state index contributed by atoms with van der Waals surface area (Å²) in [7, 11) is 3.13. The van der Waals surface area contributed by atoms with Crippen LogP contribution in [0.3, 0.4) is 0 Å². The van der Waals surface area contributed by atoms with Gasteiger partial charge in [0.25, 0.3) is 0 Å². The minimum absolute atomic E-state index is 0.199. The zero-order valence-electron chi connectivity index (χ0n) is 24.2. The van der Waals surface area contributed by atoms with Crippen LogP contribution in [0.2, 0.25) is 0 Å². The molecular formula is C31H30F3N7OS. The molecule has 0 radical (unpaired) electrons. The molecule has 0 N–H and O–H groups in total. The number of aromatic nitrogens is 6. The monoisotopic (exact) mass is 605 g/mol. The maximum absolute atomic E-state index is 13.2. The molecule has 2 aliphatic rings. The van der Waals surface area contributed by atoms with E-state index in [0.717, 1.165) is 52.5 Å². The number of terminal acetylenes is 1.